The number of hydrogen-bond donors (Lipinski definition) is 2. The molecule has 1 atom stereocenters. The van der Waals surface area contributed by atoms with Crippen molar-refractivity contribution < 1.29 is 23.0 Å². The van der Waals surface area contributed by atoms with Gasteiger partial charge in [0.2, 0.25) is 0 Å². The molecule has 3 aromatic rings. The number of halogens is 3. The Morgan fingerprint density at radius 2 is 2.03 bits per heavy atom. The predicted molar refractivity (Wildman–Crippen MR) is 122 cm³/mol. The molecule has 1 aromatic carbocycles. The first kappa shape index (κ1) is 23.9. The van der Waals surface area contributed by atoms with Crippen LogP contribution in [0.1, 0.15) is 48.3 Å². The van der Waals surface area contributed by atoms with Gasteiger partial charge >= 0.3 is 0 Å². The van der Waals surface area contributed by atoms with Crippen LogP contribution < -0.4 is 10.9 Å². The first-order chi connectivity index (χ1) is 16.3. The average molecular weight is 474 g/mol. The van der Waals surface area contributed by atoms with Gasteiger partial charge in [0.05, 0.1) is 43.4 Å². The molecule has 7 nitrogen and oxygen atoms in total. The van der Waals surface area contributed by atoms with Crippen LogP contribution in [0, 0.1) is 12.7 Å². The first-order valence-electron chi connectivity index (χ1n) is 10.9. The fourth-order valence-electron chi connectivity index (χ4n) is 4.13. The van der Waals surface area contributed by atoms with Crippen molar-refractivity contribution in [2.75, 3.05) is 25.1 Å². The second kappa shape index (κ2) is 9.94. The van der Waals surface area contributed by atoms with Crippen molar-refractivity contribution in [1.29, 1.82) is 0 Å². The van der Waals surface area contributed by atoms with Crippen LogP contribution in [0.3, 0.4) is 0 Å². The van der Waals surface area contributed by atoms with Gasteiger partial charge in [0.1, 0.15) is 23.1 Å². The van der Waals surface area contributed by atoms with Crippen LogP contribution in [-0.4, -0.2) is 39.5 Å². The third kappa shape index (κ3) is 4.55. The highest BCUT2D eigenvalue weighted by Crippen LogP contribution is 2.31. The zero-order valence-electron chi connectivity index (χ0n) is 18.8. The van der Waals surface area contributed by atoms with Crippen LogP contribution in [0.4, 0.5) is 19.0 Å². The number of benzene rings is 1. The van der Waals surface area contributed by atoms with E-state index in [-0.39, 0.29) is 24.3 Å². The Hall–Kier alpha value is -3.24. The maximum Gasteiger partial charge on any atom is 0.266 e. The summed E-state index contributed by atoms with van der Waals surface area (Å²) < 4.78 is 47.9. The van der Waals surface area contributed by atoms with Gasteiger partial charge in [0.25, 0.3) is 12.0 Å². The van der Waals surface area contributed by atoms with E-state index in [4.69, 9.17) is 4.74 Å². The molecule has 34 heavy (non-hydrogen) atoms. The van der Waals surface area contributed by atoms with E-state index < -0.39 is 23.8 Å². The normalized spacial score (nSPS) is 15.0. The van der Waals surface area contributed by atoms with E-state index in [1.807, 2.05) is 6.08 Å². The summed E-state index contributed by atoms with van der Waals surface area (Å²) in [5.41, 5.74) is 0.693. The van der Waals surface area contributed by atoms with Crippen LogP contribution in [0.25, 0.3) is 16.6 Å². The van der Waals surface area contributed by atoms with Gasteiger partial charge in [0, 0.05) is 11.1 Å². The van der Waals surface area contributed by atoms with Crippen molar-refractivity contribution in [2.24, 2.45) is 0 Å². The number of aliphatic hydroxyl groups is 1. The van der Waals surface area contributed by atoms with Crippen LogP contribution in [0.2, 0.25) is 0 Å². The largest absolute Gasteiger partial charge is 0.395 e. The summed E-state index contributed by atoms with van der Waals surface area (Å²) in [6.07, 6.45) is -0.541. The van der Waals surface area contributed by atoms with Crippen LogP contribution in [-0.2, 0) is 11.3 Å². The molecule has 3 heterocycles. The summed E-state index contributed by atoms with van der Waals surface area (Å²) in [6, 6.07) is 4.86. The van der Waals surface area contributed by atoms with E-state index >= 15 is 0 Å². The number of aromatic nitrogens is 3. The number of aryl methyl sites for hydroxylation is 1. The third-order valence-corrected chi connectivity index (χ3v) is 5.80. The Morgan fingerprint density at radius 3 is 2.71 bits per heavy atom. The highest BCUT2D eigenvalue weighted by Gasteiger charge is 2.22. The van der Waals surface area contributed by atoms with Gasteiger partial charge < -0.3 is 15.2 Å². The number of alkyl halides is 2. The lowest BCUT2D eigenvalue weighted by atomic mass is 10.0. The van der Waals surface area contributed by atoms with E-state index in [0.717, 1.165) is 11.6 Å². The molecule has 0 fully saturated rings. The minimum atomic E-state index is -2.93. The molecule has 0 bridgehead atoms. The maximum absolute atomic E-state index is 14.7. The number of rotatable bonds is 7. The minimum Gasteiger partial charge on any atom is -0.395 e. The Morgan fingerprint density at radius 1 is 1.26 bits per heavy atom. The number of fused-ring (bicyclic) bond motifs is 1. The van der Waals surface area contributed by atoms with Crippen molar-refractivity contribution in [1.82, 2.24) is 14.5 Å². The molecule has 1 aliphatic heterocycles. The van der Waals surface area contributed by atoms with Gasteiger partial charge in [-0.05, 0) is 31.9 Å². The molecule has 0 saturated carbocycles. The standard InChI is InChI=1S/C24H25F3N4O3/c1-13(16-4-3-5-17(20(16)25)21(26)27)28-22-19-12-18(15-6-10-34-11-7-15)24(33)31(8-9-32)23(19)30-14(2)29-22/h3-6,12-13,21,32H,7-11H2,1-2H3,(H,28,29,30)/t13-/m1/s1. The van der Waals surface area contributed by atoms with Gasteiger partial charge in [-0.2, -0.15) is 0 Å². The maximum atomic E-state index is 14.7. The van der Waals surface area contributed by atoms with Gasteiger partial charge in [0.15, 0.2) is 0 Å². The Balaban J connectivity index is 1.86. The number of nitrogens with one attached hydrogen (secondary N) is 1. The minimum absolute atomic E-state index is 0.0312. The second-order valence-corrected chi connectivity index (χ2v) is 8.07. The van der Waals surface area contributed by atoms with Gasteiger partial charge in [-0.15, -0.1) is 0 Å². The fraction of sp³-hybridized carbons (Fsp3) is 0.375. The van der Waals surface area contributed by atoms with Gasteiger partial charge in [-0.1, -0.05) is 24.3 Å². The lowest BCUT2D eigenvalue weighted by Crippen LogP contribution is -2.27. The molecule has 0 amide bonds. The Bertz CT molecular complexity index is 1310. The SMILES string of the molecule is Cc1nc(N[C@H](C)c2cccc(C(F)F)c2F)c2cc(C3=CCOCC3)c(=O)n(CCO)c2n1. The molecule has 2 aromatic heterocycles. The molecule has 10 heteroatoms. The number of nitrogens with zero attached hydrogens (tertiary/aromatic N) is 3. The van der Waals surface area contributed by atoms with Crippen molar-refractivity contribution in [3.05, 3.63) is 69.0 Å². The summed E-state index contributed by atoms with van der Waals surface area (Å²) in [5.74, 6) is -0.289. The van der Waals surface area contributed by atoms with E-state index in [1.54, 1.807) is 19.9 Å². The summed E-state index contributed by atoms with van der Waals surface area (Å²) in [5, 5.41) is 13.2. The summed E-state index contributed by atoms with van der Waals surface area (Å²) >= 11 is 0. The number of ether oxygens (including phenoxy) is 1. The van der Waals surface area contributed by atoms with Crippen molar-refractivity contribution >= 4 is 22.4 Å². The quantitative estimate of drug-likeness (QED) is 0.535. The lowest BCUT2D eigenvalue weighted by Gasteiger charge is -2.21. The van der Waals surface area contributed by atoms with Crippen LogP contribution in [0.5, 0.6) is 0 Å². The molecular weight excluding hydrogens is 449 g/mol. The Labute approximate surface area is 193 Å². The zero-order chi connectivity index (χ0) is 24.4. The zero-order valence-corrected chi connectivity index (χ0v) is 18.8. The fourth-order valence-corrected chi connectivity index (χ4v) is 4.13. The Kier molecular flexibility index (Phi) is 6.99. The van der Waals surface area contributed by atoms with Gasteiger partial charge in [-0.3, -0.25) is 9.36 Å². The summed E-state index contributed by atoms with van der Waals surface area (Å²) in [4.78, 5) is 22.1. The van der Waals surface area contributed by atoms with Crippen LogP contribution in [0.15, 0.2) is 35.1 Å². The van der Waals surface area contributed by atoms with Gasteiger partial charge in [-0.25, -0.2) is 23.1 Å². The molecule has 0 unspecified atom stereocenters. The highest BCUT2D eigenvalue weighted by atomic mass is 19.3. The monoisotopic (exact) mass is 474 g/mol. The predicted octanol–water partition coefficient (Wildman–Crippen LogP) is 4.15. The van der Waals surface area contributed by atoms with Crippen LogP contribution >= 0.6 is 0 Å². The van der Waals surface area contributed by atoms with Crippen molar-refractivity contribution in [3.63, 3.8) is 0 Å². The molecule has 0 saturated heterocycles. The molecule has 0 aliphatic carbocycles. The molecule has 1 aliphatic rings. The molecule has 180 valence electrons. The smallest absolute Gasteiger partial charge is 0.266 e. The average Bonchev–Trinajstić information content (AvgIpc) is 2.81. The van der Waals surface area contributed by atoms with E-state index in [0.29, 0.717) is 47.9 Å². The molecular formula is C24H25F3N4O3. The summed E-state index contributed by atoms with van der Waals surface area (Å²) in [6.45, 7) is 3.92. The molecule has 0 spiro atoms. The second-order valence-electron chi connectivity index (χ2n) is 8.07. The lowest BCUT2D eigenvalue weighted by molar-refractivity contribution is 0.146. The first-order valence-corrected chi connectivity index (χ1v) is 10.9. The van der Waals surface area contributed by atoms with E-state index in [2.05, 4.69) is 15.3 Å². The molecule has 4 rings (SSSR count). The number of pyridine rings is 1. The third-order valence-electron chi connectivity index (χ3n) is 5.80. The molecule has 0 radical (unpaired) electrons. The van der Waals surface area contributed by atoms with E-state index in [9.17, 15) is 23.1 Å². The topological polar surface area (TPSA) is 89.3 Å². The summed E-state index contributed by atoms with van der Waals surface area (Å²) in [7, 11) is 0. The highest BCUT2D eigenvalue weighted by molar-refractivity contribution is 5.90. The van der Waals surface area contributed by atoms with E-state index in [1.165, 1.54) is 16.7 Å². The number of aliphatic hydroxyl groups excluding tert-OH is 1. The number of anilines is 1. The number of hydrogen-bond acceptors (Lipinski definition) is 6. The van der Waals surface area contributed by atoms with Crippen molar-refractivity contribution in [3.8, 4) is 0 Å². The molecule has 2 N–H and O–H groups in total. The van der Waals surface area contributed by atoms with Crippen molar-refractivity contribution in [2.45, 2.75) is 39.3 Å².